The second-order valence-corrected chi connectivity index (χ2v) is 4.69. The number of aromatic nitrogens is 2. The van der Waals surface area contributed by atoms with Crippen molar-refractivity contribution in [3.63, 3.8) is 0 Å². The molecule has 0 fully saturated rings. The molecule has 2 aromatic rings. The molecule has 0 atom stereocenters. The molecule has 2 rings (SSSR count). The molecule has 20 heavy (non-hydrogen) atoms. The van der Waals surface area contributed by atoms with Crippen LogP contribution < -0.4 is 4.74 Å². The van der Waals surface area contributed by atoms with Gasteiger partial charge >= 0.3 is 5.97 Å². The van der Waals surface area contributed by atoms with Crippen LogP contribution in [0.25, 0.3) is 11.3 Å². The van der Waals surface area contributed by atoms with Gasteiger partial charge < -0.3 is 9.84 Å². The van der Waals surface area contributed by atoms with E-state index < -0.39 is 5.97 Å². The normalized spacial score (nSPS) is 10.8. The lowest BCUT2D eigenvalue weighted by Crippen LogP contribution is -2.11. The van der Waals surface area contributed by atoms with Crippen molar-refractivity contribution >= 4 is 5.97 Å². The Bertz CT molecular complexity index is 617. The zero-order valence-corrected chi connectivity index (χ0v) is 11.8. The molecule has 0 spiro atoms. The number of carbonyl (C=O) groups is 1. The summed E-state index contributed by atoms with van der Waals surface area (Å²) < 4.78 is 7.08. The van der Waals surface area contributed by atoms with Gasteiger partial charge in [-0.1, -0.05) is 12.1 Å². The highest BCUT2D eigenvalue weighted by Crippen LogP contribution is 2.30. The number of carboxylic acid groups (broad SMARTS) is 1. The number of hydrogen-bond acceptors (Lipinski definition) is 3. The molecule has 0 saturated heterocycles. The average Bonchev–Trinajstić information content (AvgIpc) is 2.85. The third-order valence-corrected chi connectivity index (χ3v) is 2.91. The van der Waals surface area contributed by atoms with Crippen LogP contribution in [0.4, 0.5) is 0 Å². The number of carboxylic acids is 1. The van der Waals surface area contributed by atoms with E-state index >= 15 is 0 Å². The van der Waals surface area contributed by atoms with E-state index in [1.165, 1.54) is 4.68 Å². The fourth-order valence-corrected chi connectivity index (χ4v) is 2.04. The first-order chi connectivity index (χ1) is 9.54. The van der Waals surface area contributed by atoms with Crippen LogP contribution in [0.1, 0.15) is 37.3 Å². The average molecular weight is 274 g/mol. The number of ether oxygens (including phenoxy) is 1. The lowest BCUT2D eigenvalue weighted by molar-refractivity contribution is 0.0681. The number of aromatic carboxylic acids is 1. The summed E-state index contributed by atoms with van der Waals surface area (Å²) in [5.74, 6) is -0.272. The quantitative estimate of drug-likeness (QED) is 0.909. The zero-order valence-electron chi connectivity index (χ0n) is 11.8. The Morgan fingerprint density at radius 2 is 2.10 bits per heavy atom. The molecule has 106 valence electrons. The van der Waals surface area contributed by atoms with Crippen LogP contribution in [0.3, 0.4) is 0 Å². The standard InChI is InChI=1S/C15H18N2O3/c1-4-20-14-8-6-5-7-11(14)12-9-13(15(18)19)17(16-12)10(2)3/h5-10H,4H2,1-3H3,(H,18,19). The summed E-state index contributed by atoms with van der Waals surface area (Å²) in [6.07, 6.45) is 0. The number of benzene rings is 1. The summed E-state index contributed by atoms with van der Waals surface area (Å²) in [5, 5.41) is 13.7. The molecular formula is C15H18N2O3. The van der Waals surface area contributed by atoms with Gasteiger partial charge in [-0.25, -0.2) is 4.79 Å². The van der Waals surface area contributed by atoms with Crippen molar-refractivity contribution in [1.29, 1.82) is 0 Å². The largest absolute Gasteiger partial charge is 0.493 e. The lowest BCUT2D eigenvalue weighted by atomic mass is 10.1. The highest BCUT2D eigenvalue weighted by Gasteiger charge is 2.18. The first-order valence-corrected chi connectivity index (χ1v) is 6.59. The van der Waals surface area contributed by atoms with Crippen LogP contribution in [0, 0.1) is 0 Å². The minimum absolute atomic E-state index is 0.0193. The molecule has 0 unspecified atom stereocenters. The Balaban J connectivity index is 2.53. The Kier molecular flexibility index (Phi) is 4.08. The van der Waals surface area contributed by atoms with Gasteiger partial charge in [-0.05, 0) is 39.0 Å². The van der Waals surface area contributed by atoms with Crippen molar-refractivity contribution in [2.75, 3.05) is 6.61 Å². The van der Waals surface area contributed by atoms with Crippen LogP contribution in [0.2, 0.25) is 0 Å². The molecule has 0 amide bonds. The molecular weight excluding hydrogens is 256 g/mol. The fraction of sp³-hybridized carbons (Fsp3) is 0.333. The monoisotopic (exact) mass is 274 g/mol. The van der Waals surface area contributed by atoms with E-state index in [0.717, 1.165) is 5.56 Å². The SMILES string of the molecule is CCOc1ccccc1-c1cc(C(=O)O)n(C(C)C)n1. The lowest BCUT2D eigenvalue weighted by Gasteiger charge is -2.09. The molecule has 0 radical (unpaired) electrons. The molecule has 5 heteroatoms. The summed E-state index contributed by atoms with van der Waals surface area (Å²) in [6, 6.07) is 9.06. The molecule has 5 nitrogen and oxygen atoms in total. The molecule has 1 aromatic heterocycles. The van der Waals surface area contributed by atoms with E-state index in [1.807, 2.05) is 45.0 Å². The van der Waals surface area contributed by atoms with E-state index in [9.17, 15) is 9.90 Å². The maximum Gasteiger partial charge on any atom is 0.354 e. The van der Waals surface area contributed by atoms with Gasteiger partial charge in [0.25, 0.3) is 0 Å². The Morgan fingerprint density at radius 1 is 1.40 bits per heavy atom. The summed E-state index contributed by atoms with van der Waals surface area (Å²) >= 11 is 0. The highest BCUT2D eigenvalue weighted by atomic mass is 16.5. The van der Waals surface area contributed by atoms with Crippen molar-refractivity contribution in [3.05, 3.63) is 36.0 Å². The third kappa shape index (κ3) is 2.66. The van der Waals surface area contributed by atoms with Gasteiger partial charge in [0.05, 0.1) is 12.3 Å². The van der Waals surface area contributed by atoms with Gasteiger partial charge in [-0.15, -0.1) is 0 Å². The van der Waals surface area contributed by atoms with Crippen LogP contribution >= 0.6 is 0 Å². The second-order valence-electron chi connectivity index (χ2n) is 4.69. The topological polar surface area (TPSA) is 64.3 Å². The number of nitrogens with zero attached hydrogens (tertiary/aromatic N) is 2. The predicted molar refractivity (Wildman–Crippen MR) is 76.2 cm³/mol. The summed E-state index contributed by atoms with van der Waals surface area (Å²) in [6.45, 7) is 6.26. The van der Waals surface area contributed by atoms with Gasteiger partial charge in [0, 0.05) is 11.6 Å². The van der Waals surface area contributed by atoms with Crippen LogP contribution in [-0.4, -0.2) is 27.5 Å². The predicted octanol–water partition coefficient (Wildman–Crippen LogP) is 3.23. The molecule has 0 aliphatic carbocycles. The van der Waals surface area contributed by atoms with E-state index in [-0.39, 0.29) is 11.7 Å². The van der Waals surface area contributed by atoms with Crippen molar-refractivity contribution < 1.29 is 14.6 Å². The molecule has 1 heterocycles. The van der Waals surface area contributed by atoms with E-state index in [4.69, 9.17) is 4.74 Å². The molecule has 0 aliphatic heterocycles. The number of hydrogen-bond donors (Lipinski definition) is 1. The van der Waals surface area contributed by atoms with E-state index in [1.54, 1.807) is 6.07 Å². The highest BCUT2D eigenvalue weighted by molar-refractivity contribution is 5.87. The number of rotatable bonds is 5. The van der Waals surface area contributed by atoms with Crippen LogP contribution in [0.5, 0.6) is 5.75 Å². The molecule has 0 bridgehead atoms. The maximum atomic E-state index is 11.3. The van der Waals surface area contributed by atoms with Crippen molar-refractivity contribution in [2.24, 2.45) is 0 Å². The zero-order chi connectivity index (χ0) is 14.7. The molecule has 0 saturated carbocycles. The molecule has 0 aliphatic rings. The Morgan fingerprint density at radius 3 is 2.65 bits per heavy atom. The van der Waals surface area contributed by atoms with E-state index in [0.29, 0.717) is 18.1 Å². The second kappa shape index (κ2) is 5.77. The van der Waals surface area contributed by atoms with Gasteiger partial charge in [-0.3, -0.25) is 4.68 Å². The summed E-state index contributed by atoms with van der Waals surface area (Å²) in [7, 11) is 0. The fourth-order valence-electron chi connectivity index (χ4n) is 2.04. The Hall–Kier alpha value is -2.30. The van der Waals surface area contributed by atoms with Crippen molar-refractivity contribution in [3.8, 4) is 17.0 Å². The molecule has 1 aromatic carbocycles. The first kappa shape index (κ1) is 14.1. The first-order valence-electron chi connectivity index (χ1n) is 6.59. The van der Waals surface area contributed by atoms with Crippen LogP contribution in [0.15, 0.2) is 30.3 Å². The maximum absolute atomic E-state index is 11.3. The minimum atomic E-state index is -0.980. The van der Waals surface area contributed by atoms with Gasteiger partial charge in [0.1, 0.15) is 11.4 Å². The molecule has 1 N–H and O–H groups in total. The van der Waals surface area contributed by atoms with Gasteiger partial charge in [-0.2, -0.15) is 5.10 Å². The van der Waals surface area contributed by atoms with Crippen molar-refractivity contribution in [1.82, 2.24) is 9.78 Å². The third-order valence-electron chi connectivity index (χ3n) is 2.91. The summed E-state index contributed by atoms with van der Waals surface area (Å²) in [4.78, 5) is 11.3. The van der Waals surface area contributed by atoms with E-state index in [2.05, 4.69) is 5.10 Å². The van der Waals surface area contributed by atoms with Gasteiger partial charge in [0.2, 0.25) is 0 Å². The number of para-hydroxylation sites is 1. The minimum Gasteiger partial charge on any atom is -0.493 e. The Labute approximate surface area is 117 Å². The summed E-state index contributed by atoms with van der Waals surface area (Å²) in [5.41, 5.74) is 1.60. The van der Waals surface area contributed by atoms with Gasteiger partial charge in [0.15, 0.2) is 0 Å². The van der Waals surface area contributed by atoms with Crippen molar-refractivity contribution in [2.45, 2.75) is 26.8 Å². The van der Waals surface area contributed by atoms with Crippen LogP contribution in [-0.2, 0) is 0 Å². The smallest absolute Gasteiger partial charge is 0.354 e.